The van der Waals surface area contributed by atoms with E-state index in [1.54, 1.807) is 24.3 Å². The maximum absolute atomic E-state index is 12.9. The van der Waals surface area contributed by atoms with Crippen LogP contribution in [0.25, 0.3) is 0 Å². The predicted octanol–water partition coefficient (Wildman–Crippen LogP) is 5.76. The summed E-state index contributed by atoms with van der Waals surface area (Å²) in [4.78, 5) is 0.0916. The molecule has 0 heterocycles. The summed E-state index contributed by atoms with van der Waals surface area (Å²) in [6, 6.07) is 20.0. The number of para-hydroxylation sites is 1. The molecular weight excluding hydrogens is 422 g/mol. The molecule has 168 valence electrons. The minimum Gasteiger partial charge on any atom is -0.490 e. The second-order valence-corrected chi connectivity index (χ2v) is 8.77. The topological polar surface area (TPSA) is 64.6 Å². The molecule has 3 aromatic carbocycles. The SMILES string of the molecule is C=CCc1cc(CNc2ccccc2CC)cc(OCC)c1OS(=O)(=O)c1ccccc1. The van der Waals surface area contributed by atoms with Gasteiger partial charge in [-0.1, -0.05) is 49.4 Å². The molecule has 3 rings (SSSR count). The van der Waals surface area contributed by atoms with Gasteiger partial charge in [0.05, 0.1) is 6.61 Å². The third-order valence-corrected chi connectivity index (χ3v) is 6.20. The minimum atomic E-state index is -4.00. The Bertz CT molecular complexity index is 1160. The van der Waals surface area contributed by atoms with Gasteiger partial charge < -0.3 is 14.2 Å². The normalized spacial score (nSPS) is 11.1. The Morgan fingerprint density at radius 2 is 1.69 bits per heavy atom. The Morgan fingerprint density at radius 3 is 2.38 bits per heavy atom. The second kappa shape index (κ2) is 10.9. The van der Waals surface area contributed by atoms with E-state index < -0.39 is 10.1 Å². The minimum absolute atomic E-state index is 0.0916. The van der Waals surface area contributed by atoms with Crippen molar-refractivity contribution in [2.24, 2.45) is 0 Å². The Kier molecular flexibility index (Phi) is 7.95. The maximum Gasteiger partial charge on any atom is 0.339 e. The Balaban J connectivity index is 1.96. The molecule has 6 heteroatoms. The number of benzene rings is 3. The van der Waals surface area contributed by atoms with Crippen molar-refractivity contribution in [2.45, 2.75) is 38.1 Å². The summed E-state index contributed by atoms with van der Waals surface area (Å²) in [7, 11) is -4.00. The fourth-order valence-corrected chi connectivity index (χ4v) is 4.43. The van der Waals surface area contributed by atoms with Crippen molar-refractivity contribution in [3.63, 3.8) is 0 Å². The third-order valence-electron chi connectivity index (χ3n) is 4.96. The number of hydrogen-bond donors (Lipinski definition) is 1. The summed E-state index contributed by atoms with van der Waals surface area (Å²) in [6.07, 6.45) is 3.09. The average molecular weight is 452 g/mol. The van der Waals surface area contributed by atoms with Crippen LogP contribution in [0, 0.1) is 0 Å². The molecule has 0 aromatic heterocycles. The standard InChI is InChI=1S/C26H29NO4S/c1-4-12-22-17-20(19-27-24-16-11-10-13-21(24)5-2)18-25(30-6-3)26(22)31-32(28,29)23-14-8-7-9-15-23/h4,7-11,13-18,27H,1,5-6,12,19H2,2-3H3. The van der Waals surface area contributed by atoms with Crippen molar-refractivity contribution in [3.8, 4) is 11.5 Å². The highest BCUT2D eigenvalue weighted by molar-refractivity contribution is 7.87. The number of allylic oxidation sites excluding steroid dienone is 1. The lowest BCUT2D eigenvalue weighted by Gasteiger charge is -2.18. The van der Waals surface area contributed by atoms with Crippen LogP contribution in [0.1, 0.15) is 30.5 Å². The smallest absolute Gasteiger partial charge is 0.339 e. The molecule has 1 N–H and O–H groups in total. The molecule has 0 aliphatic carbocycles. The molecule has 0 aliphatic heterocycles. The highest BCUT2D eigenvalue weighted by Gasteiger charge is 2.22. The summed E-state index contributed by atoms with van der Waals surface area (Å²) in [5, 5.41) is 3.47. The van der Waals surface area contributed by atoms with Gasteiger partial charge in [0.25, 0.3) is 0 Å². The van der Waals surface area contributed by atoms with Gasteiger partial charge in [-0.2, -0.15) is 8.42 Å². The first kappa shape index (κ1) is 23.4. The molecule has 5 nitrogen and oxygen atoms in total. The highest BCUT2D eigenvalue weighted by atomic mass is 32.2. The molecule has 0 fully saturated rings. The molecule has 0 saturated heterocycles. The van der Waals surface area contributed by atoms with Gasteiger partial charge in [0, 0.05) is 17.8 Å². The quantitative estimate of drug-likeness (QED) is 0.297. The van der Waals surface area contributed by atoms with E-state index in [0.717, 1.165) is 17.7 Å². The van der Waals surface area contributed by atoms with Gasteiger partial charge in [-0.15, -0.1) is 6.58 Å². The molecule has 0 bridgehead atoms. The first-order chi connectivity index (χ1) is 15.5. The molecule has 0 spiro atoms. The monoisotopic (exact) mass is 451 g/mol. The van der Waals surface area contributed by atoms with Gasteiger partial charge in [-0.25, -0.2) is 0 Å². The van der Waals surface area contributed by atoms with E-state index in [4.69, 9.17) is 8.92 Å². The molecule has 0 saturated carbocycles. The van der Waals surface area contributed by atoms with Crippen LogP contribution in [0.3, 0.4) is 0 Å². The van der Waals surface area contributed by atoms with Crippen molar-refractivity contribution in [1.29, 1.82) is 0 Å². The number of hydrogen-bond acceptors (Lipinski definition) is 5. The average Bonchev–Trinajstić information content (AvgIpc) is 2.81. The zero-order valence-electron chi connectivity index (χ0n) is 18.5. The number of rotatable bonds is 11. The van der Waals surface area contributed by atoms with Crippen molar-refractivity contribution in [3.05, 3.63) is 96.1 Å². The second-order valence-electron chi connectivity index (χ2n) is 7.22. The first-order valence-electron chi connectivity index (χ1n) is 10.7. The molecule has 0 aliphatic rings. The fourth-order valence-electron chi connectivity index (χ4n) is 3.43. The summed E-state index contributed by atoms with van der Waals surface area (Å²) >= 11 is 0. The van der Waals surface area contributed by atoms with Crippen molar-refractivity contribution < 1.29 is 17.3 Å². The molecule has 0 amide bonds. The largest absolute Gasteiger partial charge is 0.490 e. The van der Waals surface area contributed by atoms with E-state index in [1.165, 1.54) is 17.7 Å². The van der Waals surface area contributed by atoms with Gasteiger partial charge >= 0.3 is 10.1 Å². The number of aryl methyl sites for hydroxylation is 1. The van der Waals surface area contributed by atoms with Gasteiger partial charge in [0.2, 0.25) is 0 Å². The maximum atomic E-state index is 12.9. The Morgan fingerprint density at radius 1 is 0.969 bits per heavy atom. The van der Waals surface area contributed by atoms with Crippen molar-refractivity contribution in [1.82, 2.24) is 0 Å². The zero-order chi connectivity index (χ0) is 23.0. The molecule has 0 atom stereocenters. The predicted molar refractivity (Wildman–Crippen MR) is 129 cm³/mol. The van der Waals surface area contributed by atoms with Crippen LogP contribution in [-0.2, 0) is 29.5 Å². The van der Waals surface area contributed by atoms with Crippen molar-refractivity contribution in [2.75, 3.05) is 11.9 Å². The van der Waals surface area contributed by atoms with E-state index in [9.17, 15) is 8.42 Å². The first-order valence-corrected chi connectivity index (χ1v) is 12.1. The fraction of sp³-hybridized carbons (Fsp3) is 0.231. The van der Waals surface area contributed by atoms with Crippen molar-refractivity contribution >= 4 is 15.8 Å². The van der Waals surface area contributed by atoms with Crippen LogP contribution < -0.4 is 14.2 Å². The van der Waals surface area contributed by atoms with Crippen LogP contribution in [-0.4, -0.2) is 15.0 Å². The lowest BCUT2D eigenvalue weighted by molar-refractivity contribution is 0.326. The van der Waals surface area contributed by atoms with E-state index >= 15 is 0 Å². The van der Waals surface area contributed by atoms with E-state index in [-0.39, 0.29) is 10.6 Å². The molecule has 0 radical (unpaired) electrons. The molecular formula is C26H29NO4S. The van der Waals surface area contributed by atoms with Crippen LogP contribution in [0.5, 0.6) is 11.5 Å². The number of ether oxygens (including phenoxy) is 1. The number of anilines is 1. The van der Waals surface area contributed by atoms with Crippen LogP contribution in [0.4, 0.5) is 5.69 Å². The van der Waals surface area contributed by atoms with Gasteiger partial charge in [0.1, 0.15) is 4.90 Å². The summed E-state index contributed by atoms with van der Waals surface area (Å²) in [6.45, 7) is 8.73. The Hall–Kier alpha value is -3.25. The van der Waals surface area contributed by atoms with Crippen LogP contribution in [0.2, 0.25) is 0 Å². The summed E-state index contributed by atoms with van der Waals surface area (Å²) in [5.41, 5.74) is 3.97. The van der Waals surface area contributed by atoms with Gasteiger partial charge in [-0.3, -0.25) is 0 Å². The zero-order valence-corrected chi connectivity index (χ0v) is 19.3. The highest BCUT2D eigenvalue weighted by Crippen LogP contribution is 2.36. The molecule has 32 heavy (non-hydrogen) atoms. The van der Waals surface area contributed by atoms with Crippen LogP contribution >= 0.6 is 0 Å². The third kappa shape index (κ3) is 5.71. The van der Waals surface area contributed by atoms with Crippen LogP contribution in [0.15, 0.2) is 84.3 Å². The van der Waals surface area contributed by atoms with E-state index in [0.29, 0.717) is 30.9 Å². The summed E-state index contributed by atoms with van der Waals surface area (Å²) in [5.74, 6) is 0.597. The lowest BCUT2D eigenvalue weighted by Crippen LogP contribution is -2.13. The van der Waals surface area contributed by atoms with Gasteiger partial charge in [-0.05, 0) is 61.2 Å². The van der Waals surface area contributed by atoms with E-state index in [1.807, 2.05) is 31.2 Å². The molecule has 0 unspecified atom stereocenters. The molecule has 3 aromatic rings. The number of nitrogens with one attached hydrogen (secondary N) is 1. The summed E-state index contributed by atoms with van der Waals surface area (Å²) < 4.78 is 37.1. The lowest BCUT2D eigenvalue weighted by atomic mass is 10.0. The van der Waals surface area contributed by atoms with E-state index in [2.05, 4.69) is 31.0 Å². The van der Waals surface area contributed by atoms with Gasteiger partial charge in [0.15, 0.2) is 11.5 Å². The Labute approximate surface area is 190 Å².